The lowest BCUT2D eigenvalue weighted by Crippen LogP contribution is -2.28. The molecule has 0 saturated carbocycles. The Morgan fingerprint density at radius 1 is 1.21 bits per heavy atom. The Kier molecular flexibility index (Phi) is 6.98. The molecule has 0 aliphatic heterocycles. The molecule has 3 rings (SSSR count). The van der Waals surface area contributed by atoms with Gasteiger partial charge < -0.3 is 9.84 Å². The van der Waals surface area contributed by atoms with Crippen molar-refractivity contribution in [1.29, 1.82) is 0 Å². The molecular weight excluding hydrogens is 370 g/mol. The van der Waals surface area contributed by atoms with E-state index in [0.717, 1.165) is 16.9 Å². The van der Waals surface area contributed by atoms with Gasteiger partial charge in [0.2, 0.25) is 11.8 Å². The molecule has 0 aliphatic carbocycles. The third kappa shape index (κ3) is 5.76. The molecule has 0 spiro atoms. The van der Waals surface area contributed by atoms with Gasteiger partial charge in [0.15, 0.2) is 5.82 Å². The van der Waals surface area contributed by atoms with Crippen molar-refractivity contribution in [3.8, 4) is 0 Å². The number of aryl methyl sites for hydroxylation is 2. The summed E-state index contributed by atoms with van der Waals surface area (Å²) < 4.78 is 5.10. The van der Waals surface area contributed by atoms with E-state index in [-0.39, 0.29) is 11.9 Å². The van der Waals surface area contributed by atoms with Crippen LogP contribution in [0.2, 0.25) is 0 Å². The third-order valence-electron chi connectivity index (χ3n) is 4.45. The average Bonchev–Trinajstić information content (AvgIpc) is 3.32. The zero-order chi connectivity index (χ0) is 19.9. The molecule has 0 aliphatic rings. The molecule has 5 nitrogen and oxygen atoms in total. The Labute approximate surface area is 170 Å². The van der Waals surface area contributed by atoms with Gasteiger partial charge in [0.05, 0.1) is 6.04 Å². The summed E-state index contributed by atoms with van der Waals surface area (Å²) in [6, 6.07) is 12.6. The highest BCUT2D eigenvalue weighted by atomic mass is 32.1. The highest BCUT2D eigenvalue weighted by molar-refractivity contribution is 7.10. The molecule has 1 atom stereocenters. The van der Waals surface area contributed by atoms with E-state index < -0.39 is 0 Å². The van der Waals surface area contributed by atoms with Gasteiger partial charge in [-0.15, -0.1) is 11.3 Å². The molecule has 6 heteroatoms. The second-order valence-electron chi connectivity index (χ2n) is 7.44. The van der Waals surface area contributed by atoms with Crippen molar-refractivity contribution in [2.24, 2.45) is 5.92 Å². The summed E-state index contributed by atoms with van der Waals surface area (Å²) in [6.07, 6.45) is 2.78. The summed E-state index contributed by atoms with van der Waals surface area (Å²) >= 11 is 1.66. The Bertz CT molecular complexity index is 870. The largest absolute Gasteiger partial charge is 0.344 e. The maximum atomic E-state index is 12.6. The van der Waals surface area contributed by atoms with Crippen molar-refractivity contribution in [1.82, 2.24) is 15.5 Å². The van der Waals surface area contributed by atoms with Crippen LogP contribution in [0.25, 0.3) is 0 Å². The molecule has 0 saturated heterocycles. The molecule has 2 heterocycles. The fourth-order valence-corrected chi connectivity index (χ4v) is 3.97. The molecular formula is C22H27N3O2S. The van der Waals surface area contributed by atoms with Crippen LogP contribution in [0, 0.1) is 12.8 Å². The summed E-state index contributed by atoms with van der Waals surface area (Å²) in [7, 11) is 0. The van der Waals surface area contributed by atoms with E-state index >= 15 is 0 Å². The molecule has 1 amide bonds. The summed E-state index contributed by atoms with van der Waals surface area (Å²) in [5, 5.41) is 9.01. The van der Waals surface area contributed by atoms with Gasteiger partial charge in [0, 0.05) is 17.7 Å². The standard InChI is InChI=1S/C22H27N3O2S/c1-15(2)14-17-9-11-18(12-10-17)22(19-6-5-13-28-19)24-20(26)7-4-8-21-23-16(3)25-27-21/h5-6,9-13,15,22H,4,7-8,14H2,1-3H3,(H,24,26). The minimum Gasteiger partial charge on any atom is -0.344 e. The second kappa shape index (κ2) is 9.64. The minimum atomic E-state index is -0.119. The van der Waals surface area contributed by atoms with Gasteiger partial charge in [-0.05, 0) is 48.3 Å². The number of amides is 1. The van der Waals surface area contributed by atoms with E-state index in [1.165, 1.54) is 5.56 Å². The van der Waals surface area contributed by atoms with E-state index in [1.54, 1.807) is 18.3 Å². The normalized spacial score (nSPS) is 12.3. The van der Waals surface area contributed by atoms with Crippen LogP contribution >= 0.6 is 11.3 Å². The molecule has 0 radical (unpaired) electrons. The number of nitrogens with zero attached hydrogens (tertiary/aromatic N) is 2. The molecule has 0 bridgehead atoms. The zero-order valence-corrected chi connectivity index (χ0v) is 17.5. The van der Waals surface area contributed by atoms with Crippen LogP contribution < -0.4 is 5.32 Å². The summed E-state index contributed by atoms with van der Waals surface area (Å²) in [4.78, 5) is 17.9. The van der Waals surface area contributed by atoms with Crippen LogP contribution in [0.4, 0.5) is 0 Å². The summed E-state index contributed by atoms with van der Waals surface area (Å²) in [5.74, 6) is 1.86. The molecule has 1 unspecified atom stereocenters. The Morgan fingerprint density at radius 3 is 2.61 bits per heavy atom. The lowest BCUT2D eigenvalue weighted by molar-refractivity contribution is -0.121. The number of hydrogen-bond acceptors (Lipinski definition) is 5. The van der Waals surface area contributed by atoms with Crippen molar-refractivity contribution in [3.63, 3.8) is 0 Å². The SMILES string of the molecule is Cc1noc(CCCC(=O)NC(c2ccc(CC(C)C)cc2)c2cccs2)n1. The van der Waals surface area contributed by atoms with E-state index in [0.29, 0.717) is 36.9 Å². The average molecular weight is 398 g/mol. The lowest BCUT2D eigenvalue weighted by atomic mass is 9.98. The fourth-order valence-electron chi connectivity index (χ4n) is 3.17. The van der Waals surface area contributed by atoms with Crippen molar-refractivity contribution in [2.75, 3.05) is 0 Å². The summed E-state index contributed by atoms with van der Waals surface area (Å²) in [6.45, 7) is 6.23. The van der Waals surface area contributed by atoms with Crippen LogP contribution in [0.3, 0.4) is 0 Å². The molecule has 1 N–H and O–H groups in total. The third-order valence-corrected chi connectivity index (χ3v) is 5.39. The Morgan fingerprint density at radius 2 is 2.00 bits per heavy atom. The van der Waals surface area contributed by atoms with Crippen LogP contribution in [0.15, 0.2) is 46.3 Å². The number of rotatable bonds is 9. The maximum Gasteiger partial charge on any atom is 0.226 e. The summed E-state index contributed by atoms with van der Waals surface area (Å²) in [5.41, 5.74) is 2.43. The number of hydrogen-bond donors (Lipinski definition) is 1. The number of thiophene rings is 1. The van der Waals surface area contributed by atoms with Gasteiger partial charge in [-0.25, -0.2) is 0 Å². The van der Waals surface area contributed by atoms with Crippen molar-refractivity contribution in [2.45, 2.75) is 52.5 Å². The van der Waals surface area contributed by atoms with Crippen LogP contribution in [0.5, 0.6) is 0 Å². The maximum absolute atomic E-state index is 12.6. The molecule has 28 heavy (non-hydrogen) atoms. The van der Waals surface area contributed by atoms with Gasteiger partial charge in [0.1, 0.15) is 0 Å². The van der Waals surface area contributed by atoms with E-state index in [1.807, 2.05) is 11.4 Å². The first-order valence-electron chi connectivity index (χ1n) is 9.72. The van der Waals surface area contributed by atoms with E-state index in [2.05, 4.69) is 59.6 Å². The first-order chi connectivity index (χ1) is 13.5. The van der Waals surface area contributed by atoms with Crippen LogP contribution in [-0.4, -0.2) is 16.0 Å². The van der Waals surface area contributed by atoms with Crippen molar-refractivity contribution in [3.05, 3.63) is 69.5 Å². The van der Waals surface area contributed by atoms with E-state index in [4.69, 9.17) is 4.52 Å². The molecule has 0 fully saturated rings. The molecule has 3 aromatic rings. The number of aromatic nitrogens is 2. The monoisotopic (exact) mass is 397 g/mol. The first-order valence-corrected chi connectivity index (χ1v) is 10.6. The highest BCUT2D eigenvalue weighted by Crippen LogP contribution is 2.27. The minimum absolute atomic E-state index is 0.0286. The number of nitrogens with one attached hydrogen (secondary N) is 1. The Balaban J connectivity index is 1.62. The molecule has 148 valence electrons. The van der Waals surface area contributed by atoms with Crippen molar-refractivity contribution >= 4 is 17.2 Å². The van der Waals surface area contributed by atoms with Gasteiger partial charge in [-0.2, -0.15) is 4.98 Å². The predicted octanol–water partition coefficient (Wildman–Crippen LogP) is 4.87. The quantitative estimate of drug-likeness (QED) is 0.559. The zero-order valence-electron chi connectivity index (χ0n) is 16.6. The smallest absolute Gasteiger partial charge is 0.226 e. The molecule has 2 aromatic heterocycles. The van der Waals surface area contributed by atoms with Crippen LogP contribution in [-0.2, 0) is 17.6 Å². The lowest BCUT2D eigenvalue weighted by Gasteiger charge is -2.19. The second-order valence-corrected chi connectivity index (χ2v) is 8.42. The number of benzene rings is 1. The van der Waals surface area contributed by atoms with Gasteiger partial charge in [-0.3, -0.25) is 4.79 Å². The number of carbonyl (C=O) groups excluding carboxylic acids is 1. The number of carbonyl (C=O) groups is 1. The fraction of sp³-hybridized carbons (Fsp3) is 0.409. The topological polar surface area (TPSA) is 68.0 Å². The molecule has 1 aromatic carbocycles. The highest BCUT2D eigenvalue weighted by Gasteiger charge is 2.18. The van der Waals surface area contributed by atoms with Crippen LogP contribution in [0.1, 0.15) is 60.5 Å². The van der Waals surface area contributed by atoms with E-state index in [9.17, 15) is 4.79 Å². The van der Waals surface area contributed by atoms with Crippen molar-refractivity contribution < 1.29 is 9.32 Å². The predicted molar refractivity (Wildman–Crippen MR) is 111 cm³/mol. The van der Waals surface area contributed by atoms with Gasteiger partial charge >= 0.3 is 0 Å². The Hall–Kier alpha value is -2.47. The van der Waals surface area contributed by atoms with Gasteiger partial charge in [-0.1, -0.05) is 49.3 Å². The van der Waals surface area contributed by atoms with Gasteiger partial charge in [0.25, 0.3) is 0 Å². The first kappa shape index (κ1) is 20.3.